The molecule has 0 radical (unpaired) electrons. The highest BCUT2D eigenvalue weighted by Gasteiger charge is 2.47. The first kappa shape index (κ1) is 56.1. The van der Waals surface area contributed by atoms with Crippen LogP contribution >= 0.6 is 0 Å². The van der Waals surface area contributed by atoms with Crippen molar-refractivity contribution in [2.45, 2.75) is 217 Å². The van der Waals surface area contributed by atoms with Crippen LogP contribution in [0.1, 0.15) is 163 Å². The molecule has 1 heterocycles. The van der Waals surface area contributed by atoms with Gasteiger partial charge in [-0.2, -0.15) is 0 Å². The van der Waals surface area contributed by atoms with E-state index in [0.29, 0.717) is 25.8 Å². The molecule has 9 atom stereocenters. The molecule has 0 aromatic heterocycles. The Morgan fingerprint density at radius 1 is 0.694 bits per heavy atom. The first-order valence-corrected chi connectivity index (χ1v) is 22.8. The molecule has 19 nitrogen and oxygen atoms in total. The third-order valence-electron chi connectivity index (χ3n) is 10.9. The fourth-order valence-electron chi connectivity index (χ4n) is 7.16. The Balaban J connectivity index is 2.36. The average Bonchev–Trinajstić information content (AvgIpc) is 3.22. The number of ether oxygens (including phenoxy) is 2. The minimum atomic E-state index is -1.68. The molecular formula is C43H78N6O13. The van der Waals surface area contributed by atoms with E-state index in [1.807, 2.05) is 0 Å². The predicted molar refractivity (Wildman–Crippen MR) is 230 cm³/mol. The maximum Gasteiger partial charge on any atom is 0.326 e. The summed E-state index contributed by atoms with van der Waals surface area (Å²) in [4.78, 5) is 86.4. The lowest BCUT2D eigenvalue weighted by atomic mass is 9.96. The highest BCUT2D eigenvalue weighted by Crippen LogP contribution is 2.24. The van der Waals surface area contributed by atoms with Crippen LogP contribution in [0, 0.1) is 0 Å². The number of hydrogen-bond acceptors (Lipinski definition) is 12. The van der Waals surface area contributed by atoms with Crippen molar-refractivity contribution in [2.75, 3.05) is 13.2 Å². The monoisotopic (exact) mass is 887 g/mol. The molecule has 0 aromatic carbocycles. The SMILES string of the molecule is CCCCCCCCCCCCCCCCCC(=O)NCCCC[C@@H](NC(=O)CC[C@@H](NC(=O)[C@H](C)NC(=O)[C@@H](C)O[C@H]1[C@H](O)[C@@H](CO)OC(O)[C@@H]1NC(C)=O)C(N)=O)C(=O)O. The number of nitrogens with one attached hydrogen (secondary N) is 5. The number of hydrogen-bond donors (Lipinski definition) is 10. The number of carboxylic acids is 1. The number of amides is 6. The van der Waals surface area contributed by atoms with Crippen LogP contribution in [0.4, 0.5) is 0 Å². The van der Waals surface area contributed by atoms with Gasteiger partial charge in [-0.05, 0) is 46.0 Å². The highest BCUT2D eigenvalue weighted by atomic mass is 16.6. The van der Waals surface area contributed by atoms with Gasteiger partial charge >= 0.3 is 5.97 Å². The number of carbonyl (C=O) groups is 7. The van der Waals surface area contributed by atoms with E-state index in [0.717, 1.165) is 26.2 Å². The van der Waals surface area contributed by atoms with Gasteiger partial charge in [0.1, 0.15) is 48.6 Å². The Labute approximate surface area is 367 Å². The molecule has 1 aliphatic rings. The lowest BCUT2D eigenvalue weighted by molar-refractivity contribution is -0.266. The summed E-state index contributed by atoms with van der Waals surface area (Å²) < 4.78 is 10.8. The molecule has 1 fully saturated rings. The first-order valence-electron chi connectivity index (χ1n) is 22.8. The lowest BCUT2D eigenvalue weighted by Gasteiger charge is -2.43. The quantitative estimate of drug-likeness (QED) is 0.0406. The maximum atomic E-state index is 12.9. The second-order valence-electron chi connectivity index (χ2n) is 16.4. The van der Waals surface area contributed by atoms with E-state index >= 15 is 0 Å². The van der Waals surface area contributed by atoms with E-state index in [2.05, 4.69) is 33.5 Å². The van der Waals surface area contributed by atoms with Gasteiger partial charge in [-0.1, -0.05) is 96.8 Å². The minimum Gasteiger partial charge on any atom is -0.480 e. The molecule has 0 aliphatic carbocycles. The van der Waals surface area contributed by atoms with Crippen molar-refractivity contribution < 1.29 is 63.5 Å². The van der Waals surface area contributed by atoms with E-state index in [-0.39, 0.29) is 25.2 Å². The lowest BCUT2D eigenvalue weighted by Crippen LogP contribution is -2.65. The molecule has 11 N–H and O–H groups in total. The van der Waals surface area contributed by atoms with Gasteiger partial charge < -0.3 is 62.2 Å². The fraction of sp³-hybridized carbons (Fsp3) is 0.837. The van der Waals surface area contributed by atoms with Gasteiger partial charge in [-0.25, -0.2) is 4.79 Å². The summed E-state index contributed by atoms with van der Waals surface area (Å²) in [5.41, 5.74) is 5.45. The summed E-state index contributed by atoms with van der Waals surface area (Å²) in [5, 5.41) is 52.5. The summed E-state index contributed by atoms with van der Waals surface area (Å²) >= 11 is 0. The van der Waals surface area contributed by atoms with Crippen LogP contribution in [0.5, 0.6) is 0 Å². The van der Waals surface area contributed by atoms with Gasteiger partial charge in [0, 0.05) is 26.3 Å². The zero-order chi connectivity index (χ0) is 46.5. The third-order valence-corrected chi connectivity index (χ3v) is 10.9. The van der Waals surface area contributed by atoms with Crippen LogP contribution in [0.25, 0.3) is 0 Å². The molecule has 6 amide bonds. The fourth-order valence-corrected chi connectivity index (χ4v) is 7.16. The van der Waals surface area contributed by atoms with Gasteiger partial charge in [0.05, 0.1) is 6.61 Å². The van der Waals surface area contributed by atoms with E-state index in [4.69, 9.17) is 15.2 Å². The van der Waals surface area contributed by atoms with Crippen LogP contribution in [0.3, 0.4) is 0 Å². The Hall–Kier alpha value is -3.91. The van der Waals surface area contributed by atoms with Crippen molar-refractivity contribution in [3.8, 4) is 0 Å². The normalized spacial score (nSPS) is 20.5. The second kappa shape index (κ2) is 32.7. The number of carbonyl (C=O) groups excluding carboxylic acids is 6. The number of aliphatic hydroxyl groups excluding tert-OH is 3. The van der Waals surface area contributed by atoms with Gasteiger partial charge in [-0.3, -0.25) is 28.8 Å². The number of nitrogens with two attached hydrogens (primary N) is 1. The van der Waals surface area contributed by atoms with Crippen LogP contribution in [0.2, 0.25) is 0 Å². The van der Waals surface area contributed by atoms with E-state index in [1.54, 1.807) is 0 Å². The molecule has 1 aliphatic heterocycles. The number of rotatable bonds is 35. The van der Waals surface area contributed by atoms with Crippen molar-refractivity contribution in [1.29, 1.82) is 0 Å². The zero-order valence-corrected chi connectivity index (χ0v) is 37.5. The summed E-state index contributed by atoms with van der Waals surface area (Å²) in [6.45, 7) is 5.65. The highest BCUT2D eigenvalue weighted by molar-refractivity contribution is 5.92. The standard InChI is InChI=1S/C43H78N6O13/c1-5-6-7-8-9-10-11-12-13-14-15-16-17-18-19-23-34(52)45-26-21-20-22-32(42(58)59)48-35(53)25-24-31(39(44)55)49-40(56)28(2)46-41(57)29(3)61-38-36(47-30(4)51)43(60)62-33(27-50)37(38)54/h28-29,31-33,36-38,43,50,54,60H,5-27H2,1-4H3,(H2,44,55)(H,45,52)(H,46,57)(H,47,51)(H,48,53)(H,49,56)(H,58,59)/t28-,29+,31+,32+,33+,36+,37+,38+,43?/m0/s1. The number of primary amides is 1. The molecule has 62 heavy (non-hydrogen) atoms. The van der Waals surface area contributed by atoms with E-state index < -0.39 is 97.0 Å². The molecule has 0 aromatic rings. The van der Waals surface area contributed by atoms with Crippen LogP contribution in [-0.2, 0) is 43.0 Å². The molecule has 358 valence electrons. The van der Waals surface area contributed by atoms with Gasteiger partial charge in [-0.15, -0.1) is 0 Å². The van der Waals surface area contributed by atoms with Crippen molar-refractivity contribution in [1.82, 2.24) is 26.6 Å². The number of aliphatic hydroxyl groups is 3. The van der Waals surface area contributed by atoms with Crippen molar-refractivity contribution in [2.24, 2.45) is 5.73 Å². The molecule has 1 rings (SSSR count). The van der Waals surface area contributed by atoms with E-state index in [1.165, 1.54) is 90.9 Å². The summed E-state index contributed by atoms with van der Waals surface area (Å²) in [6.07, 6.45) is 12.3. The molecular weight excluding hydrogens is 809 g/mol. The molecule has 1 saturated heterocycles. The van der Waals surface area contributed by atoms with E-state index in [9.17, 15) is 54.0 Å². The Kier molecular flexibility index (Phi) is 29.6. The van der Waals surface area contributed by atoms with Crippen LogP contribution in [-0.4, -0.2) is 130 Å². The van der Waals surface area contributed by atoms with Crippen LogP contribution in [0.15, 0.2) is 0 Å². The number of unbranched alkanes of at least 4 members (excludes halogenated alkanes) is 15. The third kappa shape index (κ3) is 24.1. The number of aliphatic carboxylic acids is 1. The molecule has 0 bridgehead atoms. The minimum absolute atomic E-state index is 0.0393. The zero-order valence-electron chi connectivity index (χ0n) is 37.5. The largest absolute Gasteiger partial charge is 0.480 e. The molecule has 19 heteroatoms. The first-order chi connectivity index (χ1) is 29.5. The smallest absolute Gasteiger partial charge is 0.326 e. The summed E-state index contributed by atoms with van der Waals surface area (Å²) in [6, 6.07) is -5.14. The predicted octanol–water partition coefficient (Wildman–Crippen LogP) is 1.71. The second-order valence-corrected chi connectivity index (χ2v) is 16.4. The Morgan fingerprint density at radius 3 is 1.77 bits per heavy atom. The maximum absolute atomic E-state index is 12.9. The van der Waals surface area contributed by atoms with Crippen molar-refractivity contribution >= 4 is 41.4 Å². The molecule has 1 unspecified atom stereocenters. The molecule has 0 spiro atoms. The number of carboxylic acid groups (broad SMARTS) is 1. The Morgan fingerprint density at radius 2 is 1.26 bits per heavy atom. The topological polar surface area (TPSA) is 305 Å². The Bertz CT molecular complexity index is 1360. The molecule has 0 saturated carbocycles. The van der Waals surface area contributed by atoms with Gasteiger partial charge in [0.2, 0.25) is 35.4 Å². The summed E-state index contributed by atoms with van der Waals surface area (Å²) in [5.74, 6) is -5.26. The van der Waals surface area contributed by atoms with Gasteiger partial charge in [0.25, 0.3) is 0 Å². The van der Waals surface area contributed by atoms with Crippen molar-refractivity contribution in [3.63, 3.8) is 0 Å². The summed E-state index contributed by atoms with van der Waals surface area (Å²) in [7, 11) is 0. The van der Waals surface area contributed by atoms with Gasteiger partial charge in [0.15, 0.2) is 6.29 Å². The van der Waals surface area contributed by atoms with Crippen LogP contribution < -0.4 is 32.3 Å². The average molecular weight is 887 g/mol. The van der Waals surface area contributed by atoms with Crippen molar-refractivity contribution in [3.05, 3.63) is 0 Å².